The molecular formula is C17H21ClN6O2S. The van der Waals surface area contributed by atoms with Gasteiger partial charge in [-0.25, -0.2) is 8.42 Å². The topological polar surface area (TPSA) is 104 Å². The van der Waals surface area contributed by atoms with E-state index in [4.69, 9.17) is 5.26 Å². The van der Waals surface area contributed by atoms with Crippen LogP contribution in [-0.2, 0) is 23.1 Å². The minimum absolute atomic E-state index is 0. The molecular weight excluding hydrogens is 388 g/mol. The lowest BCUT2D eigenvalue weighted by Crippen LogP contribution is -2.38. The number of fused-ring (bicyclic) bond motifs is 1. The first-order valence-corrected chi connectivity index (χ1v) is 10.2. The summed E-state index contributed by atoms with van der Waals surface area (Å²) in [4.78, 5) is 0.237. The van der Waals surface area contributed by atoms with Crippen LogP contribution in [0.2, 0.25) is 0 Å². The molecule has 1 saturated heterocycles. The molecule has 1 fully saturated rings. The zero-order chi connectivity index (χ0) is 18.1. The van der Waals surface area contributed by atoms with Crippen LogP contribution in [0.3, 0.4) is 0 Å². The third-order valence-electron chi connectivity index (χ3n) is 5.09. The van der Waals surface area contributed by atoms with Crippen LogP contribution in [0.5, 0.6) is 0 Å². The molecule has 0 radical (unpaired) electrons. The van der Waals surface area contributed by atoms with Crippen LogP contribution in [0.1, 0.15) is 36.0 Å². The van der Waals surface area contributed by atoms with Gasteiger partial charge in [-0.15, -0.1) is 22.6 Å². The highest BCUT2D eigenvalue weighted by Crippen LogP contribution is 2.30. The van der Waals surface area contributed by atoms with Gasteiger partial charge >= 0.3 is 0 Å². The first-order chi connectivity index (χ1) is 12.6. The number of hydrogen-bond donors (Lipinski definition) is 1. The molecule has 0 bridgehead atoms. The van der Waals surface area contributed by atoms with Gasteiger partial charge in [0.2, 0.25) is 10.0 Å². The van der Waals surface area contributed by atoms with Gasteiger partial charge < -0.3 is 9.88 Å². The summed E-state index contributed by atoms with van der Waals surface area (Å²) in [6.45, 7) is 3.44. The fraction of sp³-hybridized carbons (Fsp3) is 0.471. The zero-order valence-corrected chi connectivity index (χ0v) is 16.3. The van der Waals surface area contributed by atoms with E-state index in [9.17, 15) is 8.42 Å². The first kappa shape index (κ1) is 19.8. The van der Waals surface area contributed by atoms with Crippen LogP contribution in [0.4, 0.5) is 0 Å². The van der Waals surface area contributed by atoms with E-state index in [1.807, 2.05) is 6.07 Å². The van der Waals surface area contributed by atoms with Gasteiger partial charge in [0, 0.05) is 32.1 Å². The van der Waals surface area contributed by atoms with E-state index < -0.39 is 10.0 Å². The second-order valence-electron chi connectivity index (χ2n) is 6.62. The minimum atomic E-state index is -3.53. The van der Waals surface area contributed by atoms with E-state index in [-0.39, 0.29) is 23.2 Å². The number of rotatable bonds is 3. The van der Waals surface area contributed by atoms with Crippen molar-refractivity contribution < 1.29 is 8.42 Å². The average molecular weight is 409 g/mol. The lowest BCUT2D eigenvalue weighted by molar-refractivity contribution is 0.307. The van der Waals surface area contributed by atoms with Gasteiger partial charge in [0.1, 0.15) is 11.6 Å². The molecule has 144 valence electrons. The van der Waals surface area contributed by atoms with Crippen molar-refractivity contribution in [2.45, 2.75) is 36.7 Å². The standard InChI is InChI=1S/C17H20N6O2S.ClH/c18-11-13-1-3-15(4-2-13)26(24,25)22-8-5-14(6-9-22)17-21-20-16-12-19-7-10-23(16)17;/h1-4,14,19H,5-10,12H2;1H. The quantitative estimate of drug-likeness (QED) is 0.819. The predicted molar refractivity (Wildman–Crippen MR) is 101 cm³/mol. The van der Waals surface area contributed by atoms with Gasteiger partial charge in [-0.3, -0.25) is 0 Å². The second-order valence-corrected chi connectivity index (χ2v) is 8.56. The summed E-state index contributed by atoms with van der Waals surface area (Å²) >= 11 is 0. The summed E-state index contributed by atoms with van der Waals surface area (Å²) in [7, 11) is -3.53. The average Bonchev–Trinajstić information content (AvgIpc) is 3.12. The van der Waals surface area contributed by atoms with Crippen LogP contribution in [-0.4, -0.2) is 47.1 Å². The van der Waals surface area contributed by atoms with Gasteiger partial charge in [0.05, 0.1) is 23.1 Å². The smallest absolute Gasteiger partial charge is 0.243 e. The van der Waals surface area contributed by atoms with Crippen LogP contribution in [0, 0.1) is 11.3 Å². The Labute approximate surface area is 164 Å². The summed E-state index contributed by atoms with van der Waals surface area (Å²) < 4.78 is 29.3. The molecule has 2 aromatic rings. The number of halogens is 1. The van der Waals surface area contributed by atoms with Crippen molar-refractivity contribution in [3.05, 3.63) is 41.5 Å². The van der Waals surface area contributed by atoms with E-state index in [0.29, 0.717) is 18.7 Å². The number of aromatic nitrogens is 3. The summed E-state index contributed by atoms with van der Waals surface area (Å²) in [5.74, 6) is 2.18. The highest BCUT2D eigenvalue weighted by atomic mass is 35.5. The van der Waals surface area contributed by atoms with Crippen molar-refractivity contribution in [3.63, 3.8) is 0 Å². The van der Waals surface area contributed by atoms with Crippen LogP contribution in [0.15, 0.2) is 29.2 Å². The van der Waals surface area contributed by atoms with Crippen molar-refractivity contribution in [1.29, 1.82) is 5.26 Å². The largest absolute Gasteiger partial charge is 0.312 e. The molecule has 1 N–H and O–H groups in total. The van der Waals surface area contributed by atoms with Gasteiger partial charge in [-0.05, 0) is 37.1 Å². The van der Waals surface area contributed by atoms with E-state index in [0.717, 1.165) is 44.1 Å². The van der Waals surface area contributed by atoms with Crippen LogP contribution >= 0.6 is 12.4 Å². The maximum Gasteiger partial charge on any atom is 0.243 e. The van der Waals surface area contributed by atoms with E-state index >= 15 is 0 Å². The molecule has 0 spiro atoms. The van der Waals surface area contributed by atoms with E-state index in [1.165, 1.54) is 28.6 Å². The fourth-order valence-corrected chi connectivity index (χ4v) is 5.09. The van der Waals surface area contributed by atoms with Gasteiger partial charge in [-0.2, -0.15) is 9.57 Å². The number of benzene rings is 1. The fourth-order valence-electron chi connectivity index (χ4n) is 3.62. The van der Waals surface area contributed by atoms with Crippen molar-refractivity contribution in [3.8, 4) is 6.07 Å². The second kappa shape index (κ2) is 7.94. The molecule has 2 aliphatic rings. The third-order valence-corrected chi connectivity index (χ3v) is 7.00. The molecule has 3 heterocycles. The number of nitriles is 1. The zero-order valence-electron chi connectivity index (χ0n) is 14.7. The predicted octanol–water partition coefficient (Wildman–Crippen LogP) is 1.24. The molecule has 1 aromatic carbocycles. The highest BCUT2D eigenvalue weighted by Gasteiger charge is 2.32. The Balaban J connectivity index is 0.00000210. The van der Waals surface area contributed by atoms with Crippen molar-refractivity contribution >= 4 is 22.4 Å². The van der Waals surface area contributed by atoms with Crippen molar-refractivity contribution in [2.24, 2.45) is 0 Å². The summed E-state index contributed by atoms with van der Waals surface area (Å²) in [6.07, 6.45) is 1.47. The maximum atomic E-state index is 12.8. The van der Waals surface area contributed by atoms with Gasteiger partial charge in [0.15, 0.2) is 0 Å². The van der Waals surface area contributed by atoms with Crippen LogP contribution in [0.25, 0.3) is 0 Å². The molecule has 0 atom stereocenters. The highest BCUT2D eigenvalue weighted by molar-refractivity contribution is 7.89. The molecule has 1 aromatic heterocycles. The molecule has 0 amide bonds. The number of nitrogens with one attached hydrogen (secondary N) is 1. The molecule has 0 unspecified atom stereocenters. The van der Waals surface area contributed by atoms with E-state index in [2.05, 4.69) is 20.1 Å². The summed E-state index contributed by atoms with van der Waals surface area (Å²) in [5.41, 5.74) is 0.453. The minimum Gasteiger partial charge on any atom is -0.312 e. The Morgan fingerprint density at radius 2 is 1.81 bits per heavy atom. The Bertz CT molecular complexity index is 943. The lowest BCUT2D eigenvalue weighted by atomic mass is 9.97. The number of sulfonamides is 1. The Kier molecular flexibility index (Phi) is 5.81. The van der Waals surface area contributed by atoms with E-state index in [1.54, 1.807) is 0 Å². The first-order valence-electron chi connectivity index (χ1n) is 8.72. The molecule has 0 aliphatic carbocycles. The SMILES string of the molecule is Cl.N#Cc1ccc(S(=O)(=O)N2CCC(c3nnc4n3CCNC4)CC2)cc1. The Morgan fingerprint density at radius 1 is 1.11 bits per heavy atom. The number of hydrogen-bond acceptors (Lipinski definition) is 6. The summed E-state index contributed by atoms with van der Waals surface area (Å²) in [6, 6.07) is 8.08. The summed E-state index contributed by atoms with van der Waals surface area (Å²) in [5, 5.41) is 20.8. The molecule has 0 saturated carbocycles. The molecule has 27 heavy (non-hydrogen) atoms. The van der Waals surface area contributed by atoms with Crippen LogP contribution < -0.4 is 5.32 Å². The molecule has 2 aliphatic heterocycles. The Hall–Kier alpha value is -1.99. The lowest BCUT2D eigenvalue weighted by Gasteiger charge is -2.31. The Morgan fingerprint density at radius 3 is 2.48 bits per heavy atom. The molecule has 10 heteroatoms. The number of piperidine rings is 1. The number of nitrogens with zero attached hydrogens (tertiary/aromatic N) is 5. The monoisotopic (exact) mass is 408 g/mol. The molecule has 8 nitrogen and oxygen atoms in total. The maximum absolute atomic E-state index is 12.8. The third kappa shape index (κ3) is 3.71. The van der Waals surface area contributed by atoms with Crippen molar-refractivity contribution in [1.82, 2.24) is 24.4 Å². The van der Waals surface area contributed by atoms with Gasteiger partial charge in [0.25, 0.3) is 0 Å². The normalized spacial score (nSPS) is 18.3. The van der Waals surface area contributed by atoms with Gasteiger partial charge in [-0.1, -0.05) is 0 Å². The molecule has 4 rings (SSSR count). The van der Waals surface area contributed by atoms with Crippen molar-refractivity contribution in [2.75, 3.05) is 19.6 Å².